The van der Waals surface area contributed by atoms with Crippen LogP contribution in [0.25, 0.3) is 0 Å². The summed E-state index contributed by atoms with van der Waals surface area (Å²) in [7, 11) is 0. The van der Waals surface area contributed by atoms with Gasteiger partial charge >= 0.3 is 5.97 Å². The van der Waals surface area contributed by atoms with Crippen LogP contribution < -0.4 is 5.73 Å². The Hall–Kier alpha value is -1.39. The third kappa shape index (κ3) is 1.29. The highest BCUT2D eigenvalue weighted by atomic mass is 16.4. The summed E-state index contributed by atoms with van der Waals surface area (Å²) in [4.78, 5) is 11.0. The molecule has 76 valence electrons. The fraction of sp³-hybridized carbons (Fsp3) is 0.300. The molecule has 0 heterocycles. The molecular formula is C10H13NO3. The second-order valence-corrected chi connectivity index (χ2v) is 3.43. The second kappa shape index (κ2) is 3.40. The molecule has 0 amide bonds. The maximum absolute atomic E-state index is 11.0. The molecule has 1 aliphatic carbocycles. The third-order valence-corrected chi connectivity index (χ3v) is 2.67. The molecule has 0 aromatic heterocycles. The van der Waals surface area contributed by atoms with E-state index in [4.69, 9.17) is 10.8 Å². The number of hydrogen-bond acceptors (Lipinski definition) is 2. The molecule has 14 heavy (non-hydrogen) atoms. The summed E-state index contributed by atoms with van der Waals surface area (Å²) in [6.07, 6.45) is 1.26. The quantitative estimate of drug-likeness (QED) is 0.662. The molecule has 1 atom stereocenters. The highest BCUT2D eigenvalue weighted by Crippen LogP contribution is 2.34. The van der Waals surface area contributed by atoms with E-state index in [0.717, 1.165) is 17.5 Å². The van der Waals surface area contributed by atoms with Gasteiger partial charge in [-0.3, -0.25) is 0 Å². The van der Waals surface area contributed by atoms with Crippen molar-refractivity contribution >= 4 is 5.97 Å². The number of nitrogens with two attached hydrogens (primary N) is 1. The van der Waals surface area contributed by atoms with E-state index >= 15 is 0 Å². The SMILES string of the molecule is NC1(C(=O)O)CCc2ccccc21.O. The molecule has 0 bridgehead atoms. The van der Waals surface area contributed by atoms with E-state index in [9.17, 15) is 4.79 Å². The normalized spacial score (nSPS) is 23.8. The van der Waals surface area contributed by atoms with Crippen molar-refractivity contribution in [3.05, 3.63) is 35.4 Å². The van der Waals surface area contributed by atoms with Crippen molar-refractivity contribution in [2.24, 2.45) is 5.73 Å². The van der Waals surface area contributed by atoms with Crippen LogP contribution in [0.15, 0.2) is 24.3 Å². The smallest absolute Gasteiger partial charge is 0.328 e. The zero-order valence-electron chi connectivity index (χ0n) is 7.66. The molecule has 1 aromatic rings. The van der Waals surface area contributed by atoms with E-state index < -0.39 is 11.5 Å². The summed E-state index contributed by atoms with van der Waals surface area (Å²) in [5.74, 6) is -0.933. The van der Waals surface area contributed by atoms with Crippen molar-refractivity contribution in [3.63, 3.8) is 0 Å². The highest BCUT2D eigenvalue weighted by molar-refractivity contribution is 5.82. The predicted molar refractivity (Wildman–Crippen MR) is 51.9 cm³/mol. The third-order valence-electron chi connectivity index (χ3n) is 2.67. The summed E-state index contributed by atoms with van der Waals surface area (Å²) < 4.78 is 0. The average molecular weight is 195 g/mol. The van der Waals surface area contributed by atoms with Crippen LogP contribution in [-0.2, 0) is 16.8 Å². The number of fused-ring (bicyclic) bond motifs is 1. The number of rotatable bonds is 1. The fourth-order valence-electron chi connectivity index (χ4n) is 1.86. The molecule has 1 aliphatic rings. The van der Waals surface area contributed by atoms with E-state index in [1.807, 2.05) is 18.2 Å². The van der Waals surface area contributed by atoms with Crippen molar-refractivity contribution in [2.45, 2.75) is 18.4 Å². The monoisotopic (exact) mass is 195 g/mol. The Balaban J connectivity index is 0.000000980. The van der Waals surface area contributed by atoms with Gasteiger partial charge in [-0.05, 0) is 24.0 Å². The average Bonchev–Trinajstić information content (AvgIpc) is 2.47. The van der Waals surface area contributed by atoms with Gasteiger partial charge in [-0.15, -0.1) is 0 Å². The summed E-state index contributed by atoms with van der Waals surface area (Å²) >= 11 is 0. The van der Waals surface area contributed by atoms with E-state index in [2.05, 4.69) is 0 Å². The van der Waals surface area contributed by atoms with Crippen LogP contribution in [0.3, 0.4) is 0 Å². The number of carboxylic acid groups (broad SMARTS) is 1. The van der Waals surface area contributed by atoms with Gasteiger partial charge < -0.3 is 16.3 Å². The Morgan fingerprint density at radius 3 is 2.71 bits per heavy atom. The Bertz CT molecular complexity index is 364. The zero-order chi connectivity index (χ0) is 9.47. The van der Waals surface area contributed by atoms with Crippen LogP contribution in [0.5, 0.6) is 0 Å². The minimum atomic E-state index is -1.16. The van der Waals surface area contributed by atoms with Crippen LogP contribution in [0, 0.1) is 0 Å². The molecule has 0 spiro atoms. The molecular weight excluding hydrogens is 182 g/mol. The number of aliphatic carboxylic acids is 1. The lowest BCUT2D eigenvalue weighted by atomic mass is 9.93. The van der Waals surface area contributed by atoms with Crippen molar-refractivity contribution < 1.29 is 15.4 Å². The van der Waals surface area contributed by atoms with Gasteiger partial charge in [-0.25, -0.2) is 4.79 Å². The number of aryl methyl sites for hydroxylation is 1. The van der Waals surface area contributed by atoms with E-state index in [-0.39, 0.29) is 5.48 Å². The maximum Gasteiger partial charge on any atom is 0.328 e. The van der Waals surface area contributed by atoms with Gasteiger partial charge in [0.25, 0.3) is 0 Å². The largest absolute Gasteiger partial charge is 0.480 e. The molecule has 0 saturated carbocycles. The number of carboxylic acids is 1. The van der Waals surface area contributed by atoms with Gasteiger partial charge in [0.15, 0.2) is 0 Å². The van der Waals surface area contributed by atoms with E-state index in [1.165, 1.54) is 0 Å². The van der Waals surface area contributed by atoms with Gasteiger partial charge in [0.05, 0.1) is 0 Å². The van der Waals surface area contributed by atoms with Crippen LogP contribution >= 0.6 is 0 Å². The van der Waals surface area contributed by atoms with Crippen LogP contribution in [0.1, 0.15) is 17.5 Å². The van der Waals surface area contributed by atoms with E-state index in [1.54, 1.807) is 6.07 Å². The van der Waals surface area contributed by atoms with Crippen molar-refractivity contribution in [2.75, 3.05) is 0 Å². The minimum Gasteiger partial charge on any atom is -0.480 e. The Labute approximate surface area is 81.7 Å². The van der Waals surface area contributed by atoms with Crippen LogP contribution in [0.4, 0.5) is 0 Å². The number of benzene rings is 1. The summed E-state index contributed by atoms with van der Waals surface area (Å²) in [6, 6.07) is 7.48. The second-order valence-electron chi connectivity index (χ2n) is 3.43. The van der Waals surface area contributed by atoms with Crippen molar-refractivity contribution in [3.8, 4) is 0 Å². The highest BCUT2D eigenvalue weighted by Gasteiger charge is 2.41. The fourth-order valence-corrected chi connectivity index (χ4v) is 1.86. The molecule has 0 aliphatic heterocycles. The molecule has 0 saturated heterocycles. The van der Waals surface area contributed by atoms with Crippen molar-refractivity contribution in [1.29, 1.82) is 0 Å². The molecule has 4 heteroatoms. The summed E-state index contributed by atoms with van der Waals surface area (Å²) in [5, 5.41) is 8.99. The van der Waals surface area contributed by atoms with Gasteiger partial charge in [0, 0.05) is 0 Å². The molecule has 4 nitrogen and oxygen atoms in total. The van der Waals surface area contributed by atoms with Gasteiger partial charge in [-0.1, -0.05) is 24.3 Å². The van der Waals surface area contributed by atoms with Crippen LogP contribution in [-0.4, -0.2) is 16.6 Å². The first-order valence-corrected chi connectivity index (χ1v) is 4.25. The standard InChI is InChI=1S/C10H11NO2.H2O/c11-10(9(12)13)6-5-7-3-1-2-4-8(7)10;/h1-4H,5-6,11H2,(H,12,13);1H2. The summed E-state index contributed by atoms with van der Waals surface area (Å²) in [5.41, 5.74) is 6.49. The number of hydrogen-bond donors (Lipinski definition) is 2. The van der Waals surface area contributed by atoms with Gasteiger partial charge in [0.1, 0.15) is 5.54 Å². The Morgan fingerprint density at radius 2 is 2.07 bits per heavy atom. The predicted octanol–water partition coefficient (Wildman–Crippen LogP) is 0.0467. The van der Waals surface area contributed by atoms with Gasteiger partial charge in [-0.2, -0.15) is 0 Å². The first-order chi connectivity index (χ1) is 6.14. The molecule has 0 fully saturated rings. The lowest BCUT2D eigenvalue weighted by molar-refractivity contribution is -0.143. The molecule has 1 aromatic carbocycles. The molecule has 5 N–H and O–H groups in total. The van der Waals surface area contributed by atoms with Crippen molar-refractivity contribution in [1.82, 2.24) is 0 Å². The van der Waals surface area contributed by atoms with Gasteiger partial charge in [0.2, 0.25) is 0 Å². The summed E-state index contributed by atoms with van der Waals surface area (Å²) in [6.45, 7) is 0. The van der Waals surface area contributed by atoms with E-state index in [0.29, 0.717) is 6.42 Å². The number of carbonyl (C=O) groups is 1. The lowest BCUT2D eigenvalue weighted by Gasteiger charge is -2.19. The Kier molecular flexibility index (Phi) is 2.59. The first-order valence-electron chi connectivity index (χ1n) is 4.25. The molecule has 1 unspecified atom stereocenters. The minimum absolute atomic E-state index is 0. The Morgan fingerprint density at radius 1 is 1.43 bits per heavy atom. The maximum atomic E-state index is 11.0. The lowest BCUT2D eigenvalue weighted by Crippen LogP contribution is -2.42. The molecule has 2 rings (SSSR count). The zero-order valence-corrected chi connectivity index (χ0v) is 7.66. The molecule has 0 radical (unpaired) electrons. The topological polar surface area (TPSA) is 94.8 Å². The van der Waals surface area contributed by atoms with Crippen LogP contribution in [0.2, 0.25) is 0 Å². The first kappa shape index (κ1) is 10.7.